The van der Waals surface area contributed by atoms with Gasteiger partial charge in [0.25, 0.3) is 5.56 Å². The summed E-state index contributed by atoms with van der Waals surface area (Å²) in [5.41, 5.74) is 1.22. The van der Waals surface area contributed by atoms with Crippen molar-refractivity contribution in [1.82, 2.24) is 4.98 Å². The smallest absolute Gasteiger partial charge is 0.308 e. The number of ketones is 1. The third-order valence-electron chi connectivity index (χ3n) is 4.24. The summed E-state index contributed by atoms with van der Waals surface area (Å²) in [6.45, 7) is 2.41. The number of carbonyl (C=O) groups excluding carboxylic acids is 3. The van der Waals surface area contributed by atoms with E-state index in [0.717, 1.165) is 0 Å². The minimum atomic E-state index is -0.647. The number of pyridine rings is 1. The Kier molecular flexibility index (Phi) is 3.66. The van der Waals surface area contributed by atoms with E-state index in [9.17, 15) is 19.2 Å². The van der Waals surface area contributed by atoms with E-state index in [1.54, 1.807) is 24.3 Å². The first-order valence-corrected chi connectivity index (χ1v) is 8.12. The van der Waals surface area contributed by atoms with E-state index in [1.807, 2.05) is 0 Å². The Morgan fingerprint density at radius 1 is 0.926 bits per heavy atom. The number of fused-ring (bicyclic) bond motifs is 5. The van der Waals surface area contributed by atoms with Gasteiger partial charge in [-0.2, -0.15) is 0 Å². The van der Waals surface area contributed by atoms with Gasteiger partial charge in [0.1, 0.15) is 11.5 Å². The number of H-pyrrole nitrogens is 1. The topological polar surface area (TPSA) is 103 Å². The Bertz CT molecular complexity index is 1220. The van der Waals surface area contributed by atoms with Gasteiger partial charge in [-0.05, 0) is 6.07 Å². The first-order valence-electron chi connectivity index (χ1n) is 8.12. The average Bonchev–Trinajstić information content (AvgIpc) is 2.86. The summed E-state index contributed by atoms with van der Waals surface area (Å²) < 4.78 is 10.2. The van der Waals surface area contributed by atoms with Gasteiger partial charge in [-0.15, -0.1) is 0 Å². The monoisotopic (exact) mass is 363 g/mol. The molecule has 7 nitrogen and oxygen atoms in total. The first kappa shape index (κ1) is 16.7. The predicted molar refractivity (Wildman–Crippen MR) is 96.1 cm³/mol. The van der Waals surface area contributed by atoms with Crippen LogP contribution in [0, 0.1) is 0 Å². The van der Waals surface area contributed by atoms with E-state index < -0.39 is 17.5 Å². The van der Waals surface area contributed by atoms with Gasteiger partial charge in [0, 0.05) is 36.4 Å². The number of aromatic nitrogens is 1. The zero-order valence-electron chi connectivity index (χ0n) is 14.4. The highest BCUT2D eigenvalue weighted by atomic mass is 16.5. The maximum atomic E-state index is 12.9. The molecule has 0 unspecified atom stereocenters. The average molecular weight is 363 g/mol. The van der Waals surface area contributed by atoms with Gasteiger partial charge in [-0.3, -0.25) is 19.2 Å². The summed E-state index contributed by atoms with van der Waals surface area (Å²) in [5, 5.41) is 0.297. The second-order valence-corrected chi connectivity index (χ2v) is 6.11. The fraction of sp³-hybridized carbons (Fsp3) is 0.100. The van der Waals surface area contributed by atoms with Crippen LogP contribution in [0.3, 0.4) is 0 Å². The molecule has 0 amide bonds. The number of nitrogens with one attached hydrogen (secondary N) is 1. The van der Waals surface area contributed by atoms with Crippen LogP contribution in [0.5, 0.6) is 11.5 Å². The van der Waals surface area contributed by atoms with Crippen LogP contribution in [0.15, 0.2) is 41.2 Å². The van der Waals surface area contributed by atoms with Gasteiger partial charge in [0.15, 0.2) is 5.78 Å². The van der Waals surface area contributed by atoms with Crippen molar-refractivity contribution in [2.75, 3.05) is 0 Å². The molecular weight excluding hydrogens is 350 g/mol. The lowest BCUT2D eigenvalue weighted by atomic mass is 10.0. The normalized spacial score (nSPS) is 11.9. The number of esters is 2. The largest absolute Gasteiger partial charge is 0.427 e. The standard InChI is InChI=1S/C20H13NO6/c1-9(22)26-11-7-14-16(15(8-11)27-10(2)23)20(25)21-18-12-5-3-4-6-13(12)19(24)17(14)18/h3-8H,1-2H3,(H,21,25). The van der Waals surface area contributed by atoms with Gasteiger partial charge in [0.05, 0.1) is 16.6 Å². The van der Waals surface area contributed by atoms with E-state index >= 15 is 0 Å². The van der Waals surface area contributed by atoms with E-state index in [1.165, 1.54) is 26.0 Å². The molecule has 0 saturated heterocycles. The second-order valence-electron chi connectivity index (χ2n) is 6.11. The molecule has 0 fully saturated rings. The van der Waals surface area contributed by atoms with Crippen LogP contribution in [0.4, 0.5) is 0 Å². The molecule has 134 valence electrons. The van der Waals surface area contributed by atoms with Crippen LogP contribution < -0.4 is 15.0 Å². The molecule has 1 aliphatic carbocycles. The summed E-state index contributed by atoms with van der Waals surface area (Å²) in [6, 6.07) is 9.62. The van der Waals surface area contributed by atoms with E-state index in [0.29, 0.717) is 16.8 Å². The maximum Gasteiger partial charge on any atom is 0.308 e. The number of rotatable bonds is 2. The number of hydrogen-bond donors (Lipinski definition) is 1. The van der Waals surface area contributed by atoms with E-state index in [-0.39, 0.29) is 33.6 Å². The summed E-state index contributed by atoms with van der Waals surface area (Å²) in [4.78, 5) is 51.2. The highest BCUT2D eigenvalue weighted by molar-refractivity contribution is 6.27. The number of benzene rings is 2. The molecule has 1 heterocycles. The van der Waals surface area contributed by atoms with Crippen LogP contribution in [-0.2, 0) is 9.59 Å². The summed E-state index contributed by atoms with van der Waals surface area (Å²) in [6.07, 6.45) is 0. The van der Waals surface area contributed by atoms with Gasteiger partial charge in [-0.25, -0.2) is 0 Å². The molecule has 0 radical (unpaired) electrons. The Morgan fingerprint density at radius 3 is 2.26 bits per heavy atom. The number of aromatic amines is 1. The molecule has 1 aromatic heterocycles. The molecule has 7 heteroatoms. The summed E-state index contributed by atoms with van der Waals surface area (Å²) in [5.74, 6) is -1.51. The fourth-order valence-electron chi connectivity index (χ4n) is 3.33. The highest BCUT2D eigenvalue weighted by Crippen LogP contribution is 2.40. The zero-order chi connectivity index (χ0) is 19.3. The molecule has 0 saturated carbocycles. The Morgan fingerprint density at radius 2 is 1.59 bits per heavy atom. The predicted octanol–water partition coefficient (Wildman–Crippen LogP) is 2.59. The number of carbonyl (C=O) groups is 3. The summed E-state index contributed by atoms with van der Waals surface area (Å²) >= 11 is 0. The zero-order valence-corrected chi connectivity index (χ0v) is 14.4. The molecule has 0 bridgehead atoms. The van der Waals surface area contributed by atoms with Crippen molar-refractivity contribution in [1.29, 1.82) is 0 Å². The SMILES string of the molecule is CC(=O)Oc1cc(OC(C)=O)c2c(=O)[nH]c3c(c2c1)C(=O)c1ccccc1-3. The van der Waals surface area contributed by atoms with Crippen molar-refractivity contribution >= 4 is 28.5 Å². The van der Waals surface area contributed by atoms with E-state index in [4.69, 9.17) is 9.47 Å². The molecule has 1 aliphatic rings. The van der Waals surface area contributed by atoms with Crippen LogP contribution in [-0.4, -0.2) is 22.7 Å². The quantitative estimate of drug-likeness (QED) is 0.434. The van der Waals surface area contributed by atoms with Crippen molar-refractivity contribution < 1.29 is 23.9 Å². The maximum absolute atomic E-state index is 12.9. The van der Waals surface area contributed by atoms with Gasteiger partial charge >= 0.3 is 11.9 Å². The lowest BCUT2D eigenvalue weighted by Crippen LogP contribution is -2.14. The van der Waals surface area contributed by atoms with Crippen molar-refractivity contribution in [2.24, 2.45) is 0 Å². The number of ether oxygens (including phenoxy) is 2. The van der Waals surface area contributed by atoms with Crippen LogP contribution in [0.25, 0.3) is 22.0 Å². The molecular formula is C20H13NO6. The van der Waals surface area contributed by atoms with Crippen molar-refractivity contribution in [3.8, 4) is 22.8 Å². The van der Waals surface area contributed by atoms with Crippen LogP contribution >= 0.6 is 0 Å². The molecule has 27 heavy (non-hydrogen) atoms. The third kappa shape index (κ3) is 2.60. The minimum Gasteiger partial charge on any atom is -0.427 e. The fourth-order valence-corrected chi connectivity index (χ4v) is 3.33. The molecule has 3 aromatic rings. The molecule has 1 N–H and O–H groups in total. The van der Waals surface area contributed by atoms with Gasteiger partial charge < -0.3 is 14.5 Å². The molecule has 0 aliphatic heterocycles. The Hall–Kier alpha value is -3.74. The Balaban J connectivity index is 2.11. The van der Waals surface area contributed by atoms with Crippen LogP contribution in [0.1, 0.15) is 29.8 Å². The molecule has 0 atom stereocenters. The van der Waals surface area contributed by atoms with E-state index in [2.05, 4.69) is 4.98 Å². The lowest BCUT2D eigenvalue weighted by Gasteiger charge is -2.11. The van der Waals surface area contributed by atoms with Gasteiger partial charge in [-0.1, -0.05) is 24.3 Å². The lowest BCUT2D eigenvalue weighted by molar-refractivity contribution is -0.132. The van der Waals surface area contributed by atoms with Crippen LogP contribution in [0.2, 0.25) is 0 Å². The Labute approximate surface area is 152 Å². The van der Waals surface area contributed by atoms with Crippen molar-refractivity contribution in [2.45, 2.75) is 13.8 Å². The second kappa shape index (κ2) is 5.91. The summed E-state index contributed by atoms with van der Waals surface area (Å²) in [7, 11) is 0. The minimum absolute atomic E-state index is 0.0426. The highest BCUT2D eigenvalue weighted by Gasteiger charge is 2.31. The van der Waals surface area contributed by atoms with Gasteiger partial charge in [0.2, 0.25) is 0 Å². The number of hydrogen-bond acceptors (Lipinski definition) is 6. The third-order valence-corrected chi connectivity index (χ3v) is 4.24. The molecule has 2 aromatic carbocycles. The molecule has 4 rings (SSSR count). The van der Waals surface area contributed by atoms with Crippen molar-refractivity contribution in [3.63, 3.8) is 0 Å². The van der Waals surface area contributed by atoms with Crippen molar-refractivity contribution in [3.05, 3.63) is 57.9 Å². The first-order chi connectivity index (χ1) is 12.9. The molecule has 0 spiro atoms.